The molecule has 4 rings (SSSR count). The third-order valence-electron chi connectivity index (χ3n) is 5.68. The fraction of sp³-hybridized carbons (Fsp3) is 0.556. The van der Waals surface area contributed by atoms with Crippen LogP contribution in [0.15, 0.2) is 12.1 Å². The Bertz CT molecular complexity index is 892. The molecule has 2 N–H and O–H groups in total. The lowest BCUT2D eigenvalue weighted by molar-refractivity contribution is -0.156. The third kappa shape index (κ3) is 2.56. The molecule has 0 unspecified atom stereocenters. The van der Waals surface area contributed by atoms with Gasteiger partial charge >= 0.3 is 5.97 Å². The molecule has 2 fully saturated rings. The van der Waals surface area contributed by atoms with E-state index in [0.29, 0.717) is 30.7 Å². The first kappa shape index (κ1) is 17.0. The summed E-state index contributed by atoms with van der Waals surface area (Å²) in [4.78, 5) is 31.2. The number of fused-ring (bicyclic) bond motifs is 2. The van der Waals surface area contributed by atoms with E-state index < -0.39 is 11.4 Å². The number of amides is 1. The van der Waals surface area contributed by atoms with Crippen LogP contribution in [0.5, 0.6) is 0 Å². The summed E-state index contributed by atoms with van der Waals surface area (Å²) in [6, 6.07) is 3.48. The van der Waals surface area contributed by atoms with Crippen LogP contribution in [-0.2, 0) is 4.79 Å². The minimum absolute atomic E-state index is 0.0764. The number of carboxylic acid groups (broad SMARTS) is 1. The van der Waals surface area contributed by atoms with Gasteiger partial charge < -0.3 is 15.3 Å². The molecule has 0 aromatic carbocycles. The lowest BCUT2D eigenvalue weighted by Crippen LogP contribution is -2.63. The van der Waals surface area contributed by atoms with Crippen molar-refractivity contribution in [2.24, 2.45) is 5.41 Å². The number of carbonyl (C=O) groups excluding carboxylic acids is 1. The Kier molecular flexibility index (Phi) is 3.95. The number of aliphatic carboxylic acids is 1. The standard InChI is InChI=1S/C18H23N5O3/c1-11-8-15-20-13(9-12(2)23(15)21-11)16(24)22-7-4-14-18(10-22,17(25)26)5-3-6-19-14/h8-9,14,19H,3-7,10H2,1-2H3,(H,25,26)/t14-,18+/m0/s1. The Morgan fingerprint density at radius 2 is 2.15 bits per heavy atom. The SMILES string of the molecule is Cc1cc2nc(C(=O)N3CC[C@@H]4NCCC[C@@]4(C(=O)O)C3)cc(C)n2n1. The normalized spacial score (nSPS) is 25.9. The maximum atomic E-state index is 13.1. The van der Waals surface area contributed by atoms with Gasteiger partial charge in [-0.25, -0.2) is 9.50 Å². The van der Waals surface area contributed by atoms with Crippen LogP contribution >= 0.6 is 0 Å². The Morgan fingerprint density at radius 3 is 2.92 bits per heavy atom. The molecule has 0 bridgehead atoms. The summed E-state index contributed by atoms with van der Waals surface area (Å²) < 4.78 is 1.71. The number of nitrogens with one attached hydrogen (secondary N) is 1. The van der Waals surface area contributed by atoms with E-state index in [4.69, 9.17) is 0 Å². The second kappa shape index (κ2) is 6.05. The Labute approximate surface area is 151 Å². The number of likely N-dealkylation sites (tertiary alicyclic amines) is 1. The molecule has 0 spiro atoms. The molecule has 1 amide bonds. The number of piperidine rings is 2. The van der Waals surface area contributed by atoms with E-state index in [1.165, 1.54) is 0 Å². The summed E-state index contributed by atoms with van der Waals surface area (Å²) in [6.07, 6.45) is 2.05. The molecular weight excluding hydrogens is 334 g/mol. The Balaban J connectivity index is 1.65. The molecule has 2 aromatic heterocycles. The average Bonchev–Trinajstić information content (AvgIpc) is 3.01. The zero-order valence-electron chi connectivity index (χ0n) is 15.0. The molecule has 0 aliphatic carbocycles. The van der Waals surface area contributed by atoms with Gasteiger partial charge in [0.2, 0.25) is 0 Å². The largest absolute Gasteiger partial charge is 0.481 e. The summed E-state index contributed by atoms with van der Waals surface area (Å²) in [7, 11) is 0. The van der Waals surface area contributed by atoms with E-state index in [0.717, 1.165) is 24.4 Å². The van der Waals surface area contributed by atoms with Gasteiger partial charge in [-0.05, 0) is 45.7 Å². The van der Waals surface area contributed by atoms with Crippen molar-refractivity contribution in [2.45, 2.75) is 39.2 Å². The average molecular weight is 357 g/mol. The van der Waals surface area contributed by atoms with Gasteiger partial charge in [-0.3, -0.25) is 9.59 Å². The van der Waals surface area contributed by atoms with Crippen LogP contribution in [0.25, 0.3) is 5.65 Å². The lowest BCUT2D eigenvalue weighted by atomic mass is 9.70. The number of aromatic nitrogens is 3. The van der Waals surface area contributed by atoms with Crippen molar-refractivity contribution >= 4 is 17.5 Å². The van der Waals surface area contributed by atoms with Crippen molar-refractivity contribution in [3.8, 4) is 0 Å². The van der Waals surface area contributed by atoms with Gasteiger partial charge in [0.25, 0.3) is 5.91 Å². The zero-order valence-corrected chi connectivity index (χ0v) is 15.0. The van der Waals surface area contributed by atoms with Gasteiger partial charge in [0, 0.05) is 30.9 Å². The second-order valence-electron chi connectivity index (χ2n) is 7.43. The van der Waals surface area contributed by atoms with E-state index >= 15 is 0 Å². The van der Waals surface area contributed by atoms with Gasteiger partial charge in [0.1, 0.15) is 11.1 Å². The summed E-state index contributed by atoms with van der Waals surface area (Å²) >= 11 is 0. The van der Waals surface area contributed by atoms with Crippen LogP contribution in [0, 0.1) is 19.3 Å². The minimum atomic E-state index is -0.904. The Morgan fingerprint density at radius 1 is 1.35 bits per heavy atom. The van der Waals surface area contributed by atoms with Gasteiger partial charge in [0.05, 0.1) is 5.69 Å². The highest BCUT2D eigenvalue weighted by molar-refractivity contribution is 5.93. The summed E-state index contributed by atoms with van der Waals surface area (Å²) in [5, 5.41) is 17.6. The van der Waals surface area contributed by atoms with Crippen molar-refractivity contribution in [3.63, 3.8) is 0 Å². The molecule has 2 aliphatic rings. The minimum Gasteiger partial charge on any atom is -0.481 e. The van der Waals surface area contributed by atoms with Gasteiger partial charge in [-0.15, -0.1) is 0 Å². The van der Waals surface area contributed by atoms with E-state index in [-0.39, 0.29) is 18.5 Å². The number of hydrogen-bond acceptors (Lipinski definition) is 5. The first-order valence-corrected chi connectivity index (χ1v) is 9.01. The van der Waals surface area contributed by atoms with Crippen LogP contribution in [0.3, 0.4) is 0 Å². The summed E-state index contributed by atoms with van der Waals surface area (Å²) in [6.45, 7) is 5.37. The Hall–Kier alpha value is -2.48. The fourth-order valence-corrected chi connectivity index (χ4v) is 4.33. The molecule has 138 valence electrons. The first-order valence-electron chi connectivity index (χ1n) is 9.01. The fourth-order valence-electron chi connectivity index (χ4n) is 4.33. The van der Waals surface area contributed by atoms with Crippen LogP contribution in [0.2, 0.25) is 0 Å². The molecule has 4 heterocycles. The maximum absolute atomic E-state index is 13.1. The van der Waals surface area contributed by atoms with Gasteiger partial charge in [0.15, 0.2) is 5.65 Å². The zero-order chi connectivity index (χ0) is 18.5. The third-order valence-corrected chi connectivity index (χ3v) is 5.68. The monoisotopic (exact) mass is 357 g/mol. The van der Waals surface area contributed by atoms with Crippen LogP contribution in [-0.4, -0.2) is 62.2 Å². The number of carbonyl (C=O) groups is 2. The highest BCUT2D eigenvalue weighted by atomic mass is 16.4. The highest BCUT2D eigenvalue weighted by Crippen LogP contribution is 2.38. The van der Waals surface area contributed by atoms with Crippen LogP contribution in [0.4, 0.5) is 0 Å². The van der Waals surface area contributed by atoms with Crippen LogP contribution in [0.1, 0.15) is 41.1 Å². The van der Waals surface area contributed by atoms with Crippen molar-refractivity contribution < 1.29 is 14.7 Å². The number of aryl methyl sites for hydroxylation is 2. The lowest BCUT2D eigenvalue weighted by Gasteiger charge is -2.48. The van der Waals surface area contributed by atoms with Crippen molar-refractivity contribution in [1.82, 2.24) is 24.8 Å². The van der Waals surface area contributed by atoms with Crippen molar-refractivity contribution in [3.05, 3.63) is 29.2 Å². The van der Waals surface area contributed by atoms with Crippen molar-refractivity contribution in [2.75, 3.05) is 19.6 Å². The molecule has 2 atom stereocenters. The van der Waals surface area contributed by atoms with Crippen molar-refractivity contribution in [1.29, 1.82) is 0 Å². The van der Waals surface area contributed by atoms with Crippen LogP contribution < -0.4 is 5.32 Å². The van der Waals surface area contributed by atoms with E-state index in [2.05, 4.69) is 15.4 Å². The smallest absolute Gasteiger partial charge is 0.313 e. The number of carboxylic acids is 1. The van der Waals surface area contributed by atoms with E-state index in [1.807, 2.05) is 19.9 Å². The molecule has 8 nitrogen and oxygen atoms in total. The van der Waals surface area contributed by atoms with E-state index in [9.17, 15) is 14.7 Å². The predicted octanol–water partition coefficient (Wildman–Crippen LogP) is 1.02. The molecule has 8 heteroatoms. The molecule has 2 aromatic rings. The second-order valence-corrected chi connectivity index (χ2v) is 7.43. The summed E-state index contributed by atoms with van der Waals surface area (Å²) in [5.74, 6) is -1.03. The number of nitrogens with zero attached hydrogens (tertiary/aromatic N) is 4. The van der Waals surface area contributed by atoms with Gasteiger partial charge in [-0.2, -0.15) is 5.10 Å². The maximum Gasteiger partial charge on any atom is 0.313 e. The highest BCUT2D eigenvalue weighted by Gasteiger charge is 2.51. The molecule has 0 radical (unpaired) electrons. The molecule has 26 heavy (non-hydrogen) atoms. The predicted molar refractivity (Wildman–Crippen MR) is 94.1 cm³/mol. The van der Waals surface area contributed by atoms with E-state index in [1.54, 1.807) is 15.5 Å². The molecule has 0 saturated carbocycles. The molecule has 2 saturated heterocycles. The molecule has 2 aliphatic heterocycles. The number of hydrogen-bond donors (Lipinski definition) is 2. The number of rotatable bonds is 2. The quantitative estimate of drug-likeness (QED) is 0.832. The van der Waals surface area contributed by atoms with Gasteiger partial charge in [-0.1, -0.05) is 0 Å². The first-order chi connectivity index (χ1) is 12.4. The summed E-state index contributed by atoms with van der Waals surface area (Å²) in [5.41, 5.74) is 1.74. The molecular formula is C18H23N5O3. The topological polar surface area (TPSA) is 99.8 Å².